The Morgan fingerprint density at radius 3 is 2.62 bits per heavy atom. The molecular weight excluding hydrogens is 200 g/mol. The maximum Gasteiger partial charge on any atom is 0.0604 e. The Labute approximate surface area is 99.5 Å². The Morgan fingerprint density at radius 2 is 2.00 bits per heavy atom. The van der Waals surface area contributed by atoms with Crippen LogP contribution >= 0.6 is 0 Å². The second-order valence-corrected chi connectivity index (χ2v) is 5.32. The van der Waals surface area contributed by atoms with Gasteiger partial charge in [0.25, 0.3) is 0 Å². The normalized spacial score (nSPS) is 32.6. The molecule has 0 spiro atoms. The van der Waals surface area contributed by atoms with Gasteiger partial charge in [0.15, 0.2) is 0 Å². The van der Waals surface area contributed by atoms with Crippen LogP contribution in [0.2, 0.25) is 0 Å². The average molecular weight is 226 g/mol. The Morgan fingerprint density at radius 1 is 1.31 bits per heavy atom. The van der Waals surface area contributed by atoms with Gasteiger partial charge in [-0.3, -0.25) is 0 Å². The van der Waals surface area contributed by atoms with Crippen molar-refractivity contribution in [3.63, 3.8) is 0 Å². The molecule has 0 radical (unpaired) electrons. The van der Waals surface area contributed by atoms with Gasteiger partial charge in [0.1, 0.15) is 0 Å². The van der Waals surface area contributed by atoms with Crippen molar-refractivity contribution < 1.29 is 4.74 Å². The summed E-state index contributed by atoms with van der Waals surface area (Å²) in [7, 11) is 0. The minimum Gasteiger partial charge on any atom is -0.378 e. The van der Waals surface area contributed by atoms with Crippen LogP contribution in [0, 0.1) is 0 Å². The lowest BCUT2D eigenvalue weighted by Gasteiger charge is -2.38. The lowest BCUT2D eigenvalue weighted by atomic mass is 9.88. The van der Waals surface area contributed by atoms with Gasteiger partial charge < -0.3 is 15.0 Å². The number of nitrogens with one attached hydrogen (secondary N) is 1. The fraction of sp³-hybridized carbons (Fsp3) is 1.00. The summed E-state index contributed by atoms with van der Waals surface area (Å²) >= 11 is 0. The van der Waals surface area contributed by atoms with Gasteiger partial charge in [-0.1, -0.05) is 0 Å². The van der Waals surface area contributed by atoms with Crippen LogP contribution in [0.5, 0.6) is 0 Å². The van der Waals surface area contributed by atoms with Crippen molar-refractivity contribution >= 4 is 0 Å². The molecule has 3 heteroatoms. The van der Waals surface area contributed by atoms with Crippen LogP contribution in [0.25, 0.3) is 0 Å². The zero-order valence-electron chi connectivity index (χ0n) is 10.7. The summed E-state index contributed by atoms with van der Waals surface area (Å²) in [6.45, 7) is 9.08. The molecule has 94 valence electrons. The van der Waals surface area contributed by atoms with Gasteiger partial charge in [0.05, 0.1) is 6.10 Å². The van der Waals surface area contributed by atoms with Crippen molar-refractivity contribution in [2.24, 2.45) is 0 Å². The zero-order valence-corrected chi connectivity index (χ0v) is 10.7. The van der Waals surface area contributed by atoms with Gasteiger partial charge in [0.2, 0.25) is 0 Å². The Bertz CT molecular complexity index is 198. The van der Waals surface area contributed by atoms with E-state index < -0.39 is 0 Å². The maximum atomic E-state index is 5.57. The van der Waals surface area contributed by atoms with Crippen LogP contribution in [-0.4, -0.2) is 49.3 Å². The van der Waals surface area contributed by atoms with Crippen LogP contribution < -0.4 is 5.32 Å². The highest BCUT2D eigenvalue weighted by molar-refractivity contribution is 4.88. The van der Waals surface area contributed by atoms with Crippen molar-refractivity contribution in [2.75, 3.05) is 26.2 Å². The first-order valence-corrected chi connectivity index (χ1v) is 6.88. The smallest absolute Gasteiger partial charge is 0.0604 e. The van der Waals surface area contributed by atoms with Crippen LogP contribution in [0.4, 0.5) is 0 Å². The van der Waals surface area contributed by atoms with E-state index in [0.717, 1.165) is 6.61 Å². The first-order valence-electron chi connectivity index (χ1n) is 6.88. The Kier molecular flexibility index (Phi) is 4.62. The van der Waals surface area contributed by atoms with Gasteiger partial charge in [-0.05, 0) is 52.6 Å². The summed E-state index contributed by atoms with van der Waals surface area (Å²) in [4.78, 5) is 2.58. The summed E-state index contributed by atoms with van der Waals surface area (Å²) in [5, 5.41) is 3.71. The minimum atomic E-state index is 0.529. The summed E-state index contributed by atoms with van der Waals surface area (Å²) in [6, 6.07) is 1.33. The fourth-order valence-electron chi connectivity index (χ4n) is 2.88. The van der Waals surface area contributed by atoms with Crippen molar-refractivity contribution in [3.8, 4) is 0 Å². The van der Waals surface area contributed by atoms with Crippen LogP contribution in [0.1, 0.15) is 39.5 Å². The van der Waals surface area contributed by atoms with E-state index in [-0.39, 0.29) is 0 Å². The Hall–Kier alpha value is -0.120. The monoisotopic (exact) mass is 226 g/mol. The quantitative estimate of drug-likeness (QED) is 0.745. The Balaban J connectivity index is 1.56. The average Bonchev–Trinajstić information content (AvgIpc) is 2.67. The van der Waals surface area contributed by atoms with E-state index in [4.69, 9.17) is 4.74 Å². The highest BCUT2D eigenvalue weighted by atomic mass is 16.5. The molecule has 1 saturated carbocycles. The molecule has 2 fully saturated rings. The molecule has 0 bridgehead atoms. The predicted molar refractivity (Wildman–Crippen MR) is 66.7 cm³/mol. The van der Waals surface area contributed by atoms with Crippen molar-refractivity contribution in [2.45, 2.75) is 57.7 Å². The predicted octanol–water partition coefficient (Wildman–Crippen LogP) is 1.63. The molecular formula is C13H26N2O. The standard InChI is InChI=1S/C13H26N2O/c1-3-16-13-8-12(9-13)14-11(2)10-15-6-4-5-7-15/h11-14H,3-10H2,1-2H3. The highest BCUT2D eigenvalue weighted by Gasteiger charge is 2.30. The van der Waals surface area contributed by atoms with Crippen LogP contribution in [0.3, 0.4) is 0 Å². The lowest BCUT2D eigenvalue weighted by molar-refractivity contribution is -0.0126. The van der Waals surface area contributed by atoms with Gasteiger partial charge in [-0.25, -0.2) is 0 Å². The molecule has 0 aromatic rings. The van der Waals surface area contributed by atoms with Gasteiger partial charge in [-0.2, -0.15) is 0 Å². The third-order valence-electron chi connectivity index (χ3n) is 3.75. The molecule has 0 amide bonds. The van der Waals surface area contributed by atoms with Crippen molar-refractivity contribution in [3.05, 3.63) is 0 Å². The zero-order chi connectivity index (χ0) is 11.4. The number of ether oxygens (including phenoxy) is 1. The van der Waals surface area contributed by atoms with Gasteiger partial charge in [0, 0.05) is 25.2 Å². The third kappa shape index (κ3) is 3.44. The second-order valence-electron chi connectivity index (χ2n) is 5.32. The largest absolute Gasteiger partial charge is 0.378 e. The highest BCUT2D eigenvalue weighted by Crippen LogP contribution is 2.23. The summed E-state index contributed by atoms with van der Waals surface area (Å²) < 4.78 is 5.57. The second kappa shape index (κ2) is 5.99. The molecule has 3 nitrogen and oxygen atoms in total. The molecule has 1 aliphatic heterocycles. The first kappa shape index (κ1) is 12.3. The summed E-state index contributed by atoms with van der Waals surface area (Å²) in [5.74, 6) is 0. The van der Waals surface area contributed by atoms with E-state index in [1.807, 2.05) is 0 Å². The topological polar surface area (TPSA) is 24.5 Å². The molecule has 1 heterocycles. The molecule has 1 aliphatic carbocycles. The molecule has 1 atom stereocenters. The lowest BCUT2D eigenvalue weighted by Crippen LogP contribution is -2.51. The van der Waals surface area contributed by atoms with E-state index in [1.54, 1.807) is 0 Å². The van der Waals surface area contributed by atoms with E-state index in [1.165, 1.54) is 45.3 Å². The number of rotatable bonds is 6. The minimum absolute atomic E-state index is 0.529. The maximum absolute atomic E-state index is 5.57. The molecule has 1 saturated heterocycles. The SMILES string of the molecule is CCOC1CC(NC(C)CN2CCCC2)C1. The molecule has 2 aliphatic rings. The number of nitrogens with zero attached hydrogens (tertiary/aromatic N) is 1. The third-order valence-corrected chi connectivity index (χ3v) is 3.75. The van der Waals surface area contributed by atoms with Gasteiger partial charge in [-0.15, -0.1) is 0 Å². The molecule has 2 rings (SSSR count). The van der Waals surface area contributed by atoms with Gasteiger partial charge >= 0.3 is 0 Å². The number of hydrogen-bond donors (Lipinski definition) is 1. The van der Waals surface area contributed by atoms with Crippen molar-refractivity contribution in [1.82, 2.24) is 10.2 Å². The molecule has 1 unspecified atom stereocenters. The summed E-state index contributed by atoms with van der Waals surface area (Å²) in [5.41, 5.74) is 0. The number of hydrogen-bond acceptors (Lipinski definition) is 3. The first-order chi connectivity index (χ1) is 7.78. The van der Waals surface area contributed by atoms with E-state index in [9.17, 15) is 0 Å². The van der Waals surface area contributed by atoms with E-state index in [0.29, 0.717) is 18.2 Å². The van der Waals surface area contributed by atoms with E-state index in [2.05, 4.69) is 24.1 Å². The fourth-order valence-corrected chi connectivity index (χ4v) is 2.88. The molecule has 0 aromatic heterocycles. The molecule has 16 heavy (non-hydrogen) atoms. The number of likely N-dealkylation sites (tertiary alicyclic amines) is 1. The molecule has 1 N–H and O–H groups in total. The van der Waals surface area contributed by atoms with E-state index >= 15 is 0 Å². The van der Waals surface area contributed by atoms with Crippen LogP contribution in [-0.2, 0) is 4.74 Å². The van der Waals surface area contributed by atoms with Crippen molar-refractivity contribution in [1.29, 1.82) is 0 Å². The molecule has 0 aromatic carbocycles. The summed E-state index contributed by atoms with van der Waals surface area (Å²) in [6.07, 6.45) is 5.73. The van der Waals surface area contributed by atoms with Crippen LogP contribution in [0.15, 0.2) is 0 Å².